The summed E-state index contributed by atoms with van der Waals surface area (Å²) in [5.41, 5.74) is 4.04. The maximum Gasteiger partial charge on any atom is 0.179 e. The van der Waals surface area contributed by atoms with Crippen molar-refractivity contribution < 1.29 is 4.21 Å². The van der Waals surface area contributed by atoms with Crippen molar-refractivity contribution >= 4 is 39.6 Å². The molecule has 0 bridgehead atoms. The first kappa shape index (κ1) is 21.7. The molecule has 0 amide bonds. The van der Waals surface area contributed by atoms with Crippen LogP contribution in [0.4, 0.5) is 5.82 Å². The number of anilines is 1. The zero-order valence-electron chi connectivity index (χ0n) is 18.6. The molecule has 2 aliphatic rings. The lowest BCUT2D eigenvalue weighted by Gasteiger charge is -2.44. The van der Waals surface area contributed by atoms with Crippen LogP contribution in [0.3, 0.4) is 0 Å². The monoisotopic (exact) mass is 469 g/mol. The average molecular weight is 470 g/mol. The second-order valence-electron chi connectivity index (χ2n) is 9.86. The van der Waals surface area contributed by atoms with Crippen LogP contribution in [0.15, 0.2) is 42.6 Å². The Labute approximate surface area is 196 Å². The molecule has 1 aliphatic heterocycles. The van der Waals surface area contributed by atoms with Gasteiger partial charge in [-0.05, 0) is 68.7 Å². The molecule has 0 unspecified atom stereocenters. The number of halogens is 1. The molecule has 2 aromatic heterocycles. The molecule has 1 aliphatic carbocycles. The molecule has 3 aromatic rings. The maximum absolute atomic E-state index is 13.0. The first-order valence-electron chi connectivity index (χ1n) is 11.1. The van der Waals surface area contributed by atoms with Crippen molar-refractivity contribution in [3.63, 3.8) is 0 Å². The molecule has 0 saturated carbocycles. The van der Waals surface area contributed by atoms with Crippen LogP contribution in [0.2, 0.25) is 5.15 Å². The highest BCUT2D eigenvalue weighted by atomic mass is 35.5. The average Bonchev–Trinajstić information content (AvgIpc) is 3.06. The van der Waals surface area contributed by atoms with Crippen molar-refractivity contribution in [3.8, 4) is 0 Å². The van der Waals surface area contributed by atoms with E-state index in [1.165, 1.54) is 11.1 Å². The summed E-state index contributed by atoms with van der Waals surface area (Å²) >= 11 is 5.98. The van der Waals surface area contributed by atoms with Crippen LogP contribution in [0.1, 0.15) is 50.8 Å². The minimum Gasteiger partial charge on any atom is -0.355 e. The second kappa shape index (κ2) is 8.04. The van der Waals surface area contributed by atoms with Crippen molar-refractivity contribution in [3.05, 3.63) is 58.9 Å². The summed E-state index contributed by atoms with van der Waals surface area (Å²) in [6.45, 7) is 7.83. The number of fused-ring (bicyclic) bond motifs is 2. The van der Waals surface area contributed by atoms with E-state index in [-0.39, 0.29) is 16.2 Å². The van der Waals surface area contributed by atoms with E-state index in [4.69, 9.17) is 16.6 Å². The van der Waals surface area contributed by atoms with Crippen molar-refractivity contribution in [2.24, 2.45) is 5.41 Å². The number of nitrogens with one attached hydrogen (secondary N) is 1. The Morgan fingerprint density at radius 1 is 1.12 bits per heavy atom. The summed E-state index contributed by atoms with van der Waals surface area (Å²) in [6.07, 6.45) is 4.80. The molecule has 3 heterocycles. The molecule has 6 nitrogen and oxygen atoms in total. The number of piperidine rings is 1. The summed E-state index contributed by atoms with van der Waals surface area (Å²) in [5.74, 6) is 0.870. The van der Waals surface area contributed by atoms with Crippen LogP contribution < -0.4 is 9.62 Å². The van der Waals surface area contributed by atoms with E-state index in [9.17, 15) is 4.21 Å². The molecule has 5 rings (SSSR count). The fourth-order valence-corrected chi connectivity index (χ4v) is 6.02. The largest absolute Gasteiger partial charge is 0.355 e. The smallest absolute Gasteiger partial charge is 0.179 e. The number of aromatic nitrogens is 3. The fraction of sp³-hybridized carbons (Fsp3) is 0.458. The Balaban J connectivity index is 1.39. The molecule has 2 atom stereocenters. The lowest BCUT2D eigenvalue weighted by molar-refractivity contribution is 0.177. The number of nitrogens with zero attached hydrogens (tertiary/aromatic N) is 4. The van der Waals surface area contributed by atoms with Gasteiger partial charge in [0.1, 0.15) is 16.5 Å². The zero-order chi connectivity index (χ0) is 22.5. The van der Waals surface area contributed by atoms with Crippen LogP contribution in [-0.2, 0) is 17.4 Å². The summed E-state index contributed by atoms with van der Waals surface area (Å²) in [5, 5.41) is 0.423. The van der Waals surface area contributed by atoms with E-state index in [2.05, 4.69) is 43.9 Å². The van der Waals surface area contributed by atoms with Crippen molar-refractivity contribution in [2.75, 3.05) is 18.0 Å². The lowest BCUT2D eigenvalue weighted by atomic mass is 9.73. The molecule has 1 aromatic carbocycles. The van der Waals surface area contributed by atoms with Gasteiger partial charge in [0.2, 0.25) is 0 Å². The molecule has 1 saturated heterocycles. The van der Waals surface area contributed by atoms with Crippen molar-refractivity contribution in [1.29, 1.82) is 0 Å². The lowest BCUT2D eigenvalue weighted by Crippen LogP contribution is -2.48. The Hall–Kier alpha value is -2.09. The quantitative estimate of drug-likeness (QED) is 0.567. The predicted molar refractivity (Wildman–Crippen MR) is 130 cm³/mol. The SMILES string of the molecule is CC(C)(C)[S@](=O)N[C@@H]1c2ccccc2CC12CCN(c1cnc3nc(Cl)ccc3n1)CC2. The van der Waals surface area contributed by atoms with Gasteiger partial charge in [0.05, 0.1) is 28.0 Å². The normalized spacial score (nSPS) is 21.1. The van der Waals surface area contributed by atoms with Crippen LogP contribution in [0.25, 0.3) is 11.2 Å². The highest BCUT2D eigenvalue weighted by Crippen LogP contribution is 2.52. The highest BCUT2D eigenvalue weighted by molar-refractivity contribution is 7.84. The molecular weight excluding hydrogens is 442 g/mol. The van der Waals surface area contributed by atoms with Gasteiger partial charge >= 0.3 is 0 Å². The third kappa shape index (κ3) is 3.91. The molecule has 1 spiro atoms. The zero-order valence-corrected chi connectivity index (χ0v) is 20.2. The Kier molecular flexibility index (Phi) is 5.47. The first-order chi connectivity index (χ1) is 15.2. The minimum atomic E-state index is -1.13. The number of rotatable bonds is 3. The van der Waals surface area contributed by atoms with Crippen molar-refractivity contribution in [1.82, 2.24) is 19.7 Å². The van der Waals surface area contributed by atoms with E-state index in [0.29, 0.717) is 10.8 Å². The Bertz CT molecular complexity index is 1190. The highest BCUT2D eigenvalue weighted by Gasteiger charge is 2.48. The van der Waals surface area contributed by atoms with Gasteiger partial charge in [0, 0.05) is 13.1 Å². The number of hydrogen-bond donors (Lipinski definition) is 1. The molecule has 1 N–H and O–H groups in total. The van der Waals surface area contributed by atoms with Gasteiger partial charge < -0.3 is 4.90 Å². The van der Waals surface area contributed by atoms with E-state index >= 15 is 0 Å². The maximum atomic E-state index is 13.0. The second-order valence-corrected chi connectivity index (χ2v) is 12.2. The predicted octanol–water partition coefficient (Wildman–Crippen LogP) is 4.61. The summed E-state index contributed by atoms with van der Waals surface area (Å²) < 4.78 is 16.3. The van der Waals surface area contributed by atoms with Crippen molar-refractivity contribution in [2.45, 2.75) is 50.8 Å². The molecule has 1 fully saturated rings. The number of benzene rings is 1. The summed E-state index contributed by atoms with van der Waals surface area (Å²) in [4.78, 5) is 15.8. The van der Waals surface area contributed by atoms with Crippen LogP contribution in [0.5, 0.6) is 0 Å². The van der Waals surface area contributed by atoms with Gasteiger partial charge in [-0.15, -0.1) is 0 Å². The third-order valence-electron chi connectivity index (χ3n) is 6.74. The fourth-order valence-electron chi connectivity index (χ4n) is 4.93. The standard InChI is InChI=1S/C24H28ClN5OS/c1-23(2,3)32(31)29-21-17-7-5-4-6-16(17)14-24(21)10-12-30(13-11-24)20-15-26-22-18(27-20)8-9-19(25)28-22/h4-9,15,21,29H,10-14H2,1-3H3/t21-,32+/m1/s1. The van der Waals surface area contributed by atoms with Crippen LogP contribution in [0, 0.1) is 5.41 Å². The van der Waals surface area contributed by atoms with Gasteiger partial charge in [-0.25, -0.2) is 23.9 Å². The van der Waals surface area contributed by atoms with Gasteiger partial charge in [-0.2, -0.15) is 0 Å². The molecule has 168 valence electrons. The number of hydrogen-bond acceptors (Lipinski definition) is 5. The summed E-state index contributed by atoms with van der Waals surface area (Å²) in [7, 11) is -1.13. The molecule has 8 heteroatoms. The summed E-state index contributed by atoms with van der Waals surface area (Å²) in [6, 6.07) is 12.3. The van der Waals surface area contributed by atoms with E-state index in [1.54, 1.807) is 12.3 Å². The molecular formula is C24H28ClN5OS. The molecule has 32 heavy (non-hydrogen) atoms. The van der Waals surface area contributed by atoms with Gasteiger partial charge in [-0.1, -0.05) is 35.9 Å². The third-order valence-corrected chi connectivity index (χ3v) is 8.52. The van der Waals surface area contributed by atoms with E-state index < -0.39 is 11.0 Å². The topological polar surface area (TPSA) is 71.0 Å². The van der Waals surface area contributed by atoms with Crippen LogP contribution in [-0.4, -0.2) is 37.0 Å². The van der Waals surface area contributed by atoms with Gasteiger partial charge in [0.25, 0.3) is 0 Å². The Morgan fingerprint density at radius 2 is 1.88 bits per heavy atom. The number of pyridine rings is 1. The van der Waals surface area contributed by atoms with Crippen LogP contribution >= 0.6 is 11.6 Å². The van der Waals surface area contributed by atoms with E-state index in [1.807, 2.05) is 26.8 Å². The minimum absolute atomic E-state index is 0.0560. The van der Waals surface area contributed by atoms with Gasteiger partial charge in [0.15, 0.2) is 5.65 Å². The Morgan fingerprint density at radius 3 is 2.62 bits per heavy atom. The van der Waals surface area contributed by atoms with Gasteiger partial charge in [-0.3, -0.25) is 0 Å². The van der Waals surface area contributed by atoms with E-state index in [0.717, 1.165) is 43.7 Å². The first-order valence-corrected chi connectivity index (χ1v) is 12.6. The molecule has 0 radical (unpaired) electrons.